The average molecular weight is 323 g/mol. The van der Waals surface area contributed by atoms with E-state index in [1.807, 2.05) is 11.8 Å². The Hall–Kier alpha value is -2.32. The first-order valence-electron chi connectivity index (χ1n) is 7.94. The fraction of sp³-hybridized carbons (Fsp3) is 0.714. The molecular formula is C14H21N5O4. The summed E-state index contributed by atoms with van der Waals surface area (Å²) < 4.78 is 9.99. The highest BCUT2D eigenvalue weighted by molar-refractivity contribution is 5.83. The van der Waals surface area contributed by atoms with Crippen LogP contribution in [0.1, 0.15) is 19.2 Å². The van der Waals surface area contributed by atoms with Crippen molar-refractivity contribution in [3.8, 4) is 0 Å². The van der Waals surface area contributed by atoms with Crippen molar-refractivity contribution >= 4 is 17.9 Å². The molecule has 0 aromatic carbocycles. The van der Waals surface area contributed by atoms with Crippen molar-refractivity contribution in [2.75, 3.05) is 50.8 Å². The van der Waals surface area contributed by atoms with Crippen molar-refractivity contribution < 1.29 is 18.8 Å². The zero-order valence-corrected chi connectivity index (χ0v) is 13.2. The lowest BCUT2D eigenvalue weighted by atomic mass is 10.3. The van der Waals surface area contributed by atoms with Crippen LogP contribution in [0, 0.1) is 0 Å². The van der Waals surface area contributed by atoms with E-state index in [0.29, 0.717) is 51.0 Å². The molecule has 2 amide bonds. The number of nitrogens with zero attached hydrogens (tertiary/aromatic N) is 5. The van der Waals surface area contributed by atoms with E-state index in [1.54, 1.807) is 4.90 Å². The number of amides is 2. The van der Waals surface area contributed by atoms with Crippen molar-refractivity contribution in [2.45, 2.75) is 19.8 Å². The van der Waals surface area contributed by atoms with E-state index < -0.39 is 6.09 Å². The third-order valence-corrected chi connectivity index (χ3v) is 4.06. The van der Waals surface area contributed by atoms with Gasteiger partial charge in [-0.2, -0.15) is 4.98 Å². The minimum atomic E-state index is -0.409. The summed E-state index contributed by atoms with van der Waals surface area (Å²) in [5.74, 6) is 1.15. The normalized spacial score (nSPS) is 19.0. The Labute approximate surface area is 134 Å². The van der Waals surface area contributed by atoms with Crippen molar-refractivity contribution in [1.29, 1.82) is 0 Å². The molecule has 0 unspecified atom stereocenters. The molecule has 0 bridgehead atoms. The summed E-state index contributed by atoms with van der Waals surface area (Å²) in [5, 5.41) is 3.98. The van der Waals surface area contributed by atoms with Gasteiger partial charge in [-0.15, -0.1) is 0 Å². The van der Waals surface area contributed by atoms with Crippen LogP contribution in [-0.4, -0.2) is 77.8 Å². The highest BCUT2D eigenvalue weighted by atomic mass is 16.6. The summed E-state index contributed by atoms with van der Waals surface area (Å²) in [4.78, 5) is 33.4. The number of aryl methyl sites for hydroxylation is 1. The first-order valence-corrected chi connectivity index (χ1v) is 7.94. The Morgan fingerprint density at radius 3 is 2.78 bits per heavy atom. The van der Waals surface area contributed by atoms with Crippen LogP contribution in [0.25, 0.3) is 0 Å². The molecule has 126 valence electrons. The van der Waals surface area contributed by atoms with Crippen LogP contribution in [0.2, 0.25) is 0 Å². The third-order valence-electron chi connectivity index (χ3n) is 4.06. The van der Waals surface area contributed by atoms with Gasteiger partial charge in [-0.3, -0.25) is 9.69 Å². The van der Waals surface area contributed by atoms with E-state index in [2.05, 4.69) is 10.1 Å². The van der Waals surface area contributed by atoms with Crippen LogP contribution < -0.4 is 4.90 Å². The Balaban J connectivity index is 1.55. The first kappa shape index (κ1) is 15.6. The van der Waals surface area contributed by atoms with E-state index in [4.69, 9.17) is 9.26 Å². The van der Waals surface area contributed by atoms with Gasteiger partial charge in [0.15, 0.2) is 0 Å². The predicted molar refractivity (Wildman–Crippen MR) is 80.0 cm³/mol. The summed E-state index contributed by atoms with van der Waals surface area (Å²) in [7, 11) is 0. The van der Waals surface area contributed by atoms with Gasteiger partial charge in [-0.1, -0.05) is 6.92 Å². The highest BCUT2D eigenvalue weighted by Gasteiger charge is 2.28. The van der Waals surface area contributed by atoms with Gasteiger partial charge in [0.2, 0.25) is 11.8 Å². The van der Waals surface area contributed by atoms with Crippen LogP contribution in [0.3, 0.4) is 0 Å². The maximum absolute atomic E-state index is 12.4. The van der Waals surface area contributed by atoms with Gasteiger partial charge in [-0.25, -0.2) is 4.79 Å². The van der Waals surface area contributed by atoms with E-state index in [-0.39, 0.29) is 12.5 Å². The van der Waals surface area contributed by atoms with E-state index in [0.717, 1.165) is 13.0 Å². The molecular weight excluding hydrogens is 302 g/mol. The minimum Gasteiger partial charge on any atom is -0.448 e. The molecule has 0 radical (unpaired) electrons. The molecule has 2 fully saturated rings. The molecule has 0 saturated carbocycles. The maximum Gasteiger partial charge on any atom is 0.410 e. The number of cyclic esters (lactones) is 1. The Morgan fingerprint density at radius 2 is 2.09 bits per heavy atom. The van der Waals surface area contributed by atoms with Crippen LogP contribution in [0.15, 0.2) is 4.52 Å². The van der Waals surface area contributed by atoms with E-state index in [1.165, 1.54) is 4.90 Å². The molecule has 23 heavy (non-hydrogen) atoms. The second kappa shape index (κ2) is 6.84. The molecule has 0 atom stereocenters. The average Bonchev–Trinajstić information content (AvgIpc) is 3.10. The SMILES string of the molecule is CCc1nc(N2CCCN(C(=O)CN3CCOC3=O)CC2)no1. The fourth-order valence-electron chi connectivity index (χ4n) is 2.72. The molecule has 1 aromatic heterocycles. The van der Waals surface area contributed by atoms with E-state index >= 15 is 0 Å². The van der Waals surface area contributed by atoms with Crippen molar-refractivity contribution in [1.82, 2.24) is 19.9 Å². The zero-order chi connectivity index (χ0) is 16.2. The van der Waals surface area contributed by atoms with Crippen LogP contribution >= 0.6 is 0 Å². The second-order valence-electron chi connectivity index (χ2n) is 5.60. The largest absolute Gasteiger partial charge is 0.448 e. The zero-order valence-electron chi connectivity index (χ0n) is 13.2. The molecule has 3 heterocycles. The predicted octanol–water partition coefficient (Wildman–Crippen LogP) is 0.123. The smallest absolute Gasteiger partial charge is 0.410 e. The van der Waals surface area contributed by atoms with Gasteiger partial charge in [0.05, 0.1) is 6.54 Å². The maximum atomic E-state index is 12.4. The summed E-state index contributed by atoms with van der Waals surface area (Å²) in [5.41, 5.74) is 0. The minimum absolute atomic E-state index is 0.0481. The molecule has 3 rings (SSSR count). The molecule has 1 aromatic rings. The summed E-state index contributed by atoms with van der Waals surface area (Å²) in [6.45, 7) is 5.56. The lowest BCUT2D eigenvalue weighted by molar-refractivity contribution is -0.131. The summed E-state index contributed by atoms with van der Waals surface area (Å²) in [6.07, 6.45) is 1.12. The second-order valence-corrected chi connectivity index (χ2v) is 5.60. The number of rotatable bonds is 4. The number of carbonyl (C=O) groups excluding carboxylic acids is 2. The molecule has 9 heteroatoms. The van der Waals surface area contributed by atoms with Gasteiger partial charge in [0, 0.05) is 32.6 Å². The van der Waals surface area contributed by atoms with Gasteiger partial charge >= 0.3 is 6.09 Å². The van der Waals surface area contributed by atoms with Crippen LogP contribution in [0.5, 0.6) is 0 Å². The standard InChI is InChI=1S/C14H21N5O4/c1-2-11-15-13(16-23-11)18-5-3-4-17(6-7-18)12(20)10-19-8-9-22-14(19)21/h2-10H2,1H3. The molecule has 2 aliphatic rings. The molecule has 0 N–H and O–H groups in total. The van der Waals surface area contributed by atoms with Crippen molar-refractivity contribution in [3.63, 3.8) is 0 Å². The van der Waals surface area contributed by atoms with E-state index in [9.17, 15) is 9.59 Å². The number of anilines is 1. The first-order chi connectivity index (χ1) is 11.2. The molecule has 9 nitrogen and oxygen atoms in total. The molecule has 0 spiro atoms. The van der Waals surface area contributed by atoms with Crippen molar-refractivity contribution in [3.05, 3.63) is 5.89 Å². The van der Waals surface area contributed by atoms with Gasteiger partial charge in [0.1, 0.15) is 13.2 Å². The summed E-state index contributed by atoms with van der Waals surface area (Å²) >= 11 is 0. The van der Waals surface area contributed by atoms with Crippen LogP contribution in [-0.2, 0) is 16.0 Å². The van der Waals surface area contributed by atoms with Crippen LogP contribution in [0.4, 0.5) is 10.7 Å². The number of carbonyl (C=O) groups is 2. The number of ether oxygens (including phenoxy) is 1. The monoisotopic (exact) mass is 323 g/mol. The molecule has 2 aliphatic heterocycles. The highest BCUT2D eigenvalue weighted by Crippen LogP contribution is 2.13. The number of hydrogen-bond donors (Lipinski definition) is 0. The fourth-order valence-corrected chi connectivity index (χ4v) is 2.72. The lowest BCUT2D eigenvalue weighted by Crippen LogP contribution is -2.42. The van der Waals surface area contributed by atoms with Gasteiger partial charge in [0.25, 0.3) is 5.95 Å². The molecule has 2 saturated heterocycles. The number of aromatic nitrogens is 2. The lowest BCUT2D eigenvalue weighted by Gasteiger charge is -2.23. The van der Waals surface area contributed by atoms with Crippen molar-refractivity contribution in [2.24, 2.45) is 0 Å². The molecule has 0 aliphatic carbocycles. The quantitative estimate of drug-likeness (QED) is 0.777. The summed E-state index contributed by atoms with van der Waals surface area (Å²) in [6, 6.07) is 0. The number of hydrogen-bond acceptors (Lipinski definition) is 7. The Kier molecular flexibility index (Phi) is 4.63. The van der Waals surface area contributed by atoms with Gasteiger partial charge < -0.3 is 19.1 Å². The topological polar surface area (TPSA) is 92.0 Å². The third kappa shape index (κ3) is 3.54. The van der Waals surface area contributed by atoms with Gasteiger partial charge in [-0.05, 0) is 11.6 Å². The Morgan fingerprint density at radius 1 is 1.22 bits per heavy atom. The Bertz CT molecular complexity index is 575.